The third-order valence-electron chi connectivity index (χ3n) is 4.58. The molecule has 1 aromatic rings. The van der Waals surface area contributed by atoms with Gasteiger partial charge in [0.2, 0.25) is 15.9 Å². The molecule has 6 nitrogen and oxygen atoms in total. The Morgan fingerprint density at radius 1 is 1.16 bits per heavy atom. The van der Waals surface area contributed by atoms with Crippen LogP contribution in [0.5, 0.6) is 5.75 Å². The van der Waals surface area contributed by atoms with Gasteiger partial charge in [-0.05, 0) is 49.4 Å². The lowest BCUT2D eigenvalue weighted by atomic mass is 10.0. The van der Waals surface area contributed by atoms with Crippen molar-refractivity contribution in [2.45, 2.75) is 50.5 Å². The Morgan fingerprint density at radius 2 is 1.76 bits per heavy atom. The SMILES string of the molecule is COc1ccc(S(=O)(=O)N[C@H](CC(=O)N2CCCCC2)C(C)C)cc1. The molecule has 0 aromatic heterocycles. The summed E-state index contributed by atoms with van der Waals surface area (Å²) < 4.78 is 33.0. The van der Waals surface area contributed by atoms with Gasteiger partial charge >= 0.3 is 0 Å². The molecule has 140 valence electrons. The average Bonchev–Trinajstić information content (AvgIpc) is 2.61. The van der Waals surface area contributed by atoms with Crippen LogP contribution in [0.1, 0.15) is 39.5 Å². The number of likely N-dealkylation sites (tertiary alicyclic amines) is 1. The summed E-state index contributed by atoms with van der Waals surface area (Å²) in [6.45, 7) is 5.39. The summed E-state index contributed by atoms with van der Waals surface area (Å²) in [6.07, 6.45) is 3.39. The standard InChI is InChI=1S/C18H28N2O4S/c1-14(2)17(13-18(21)20-11-5-4-6-12-20)19-25(22,23)16-9-7-15(24-3)8-10-16/h7-10,14,17,19H,4-6,11-13H2,1-3H3/t17-/m1/s1. The summed E-state index contributed by atoms with van der Waals surface area (Å²) in [7, 11) is -2.15. The highest BCUT2D eigenvalue weighted by atomic mass is 32.2. The molecule has 7 heteroatoms. The molecule has 0 aliphatic carbocycles. The minimum Gasteiger partial charge on any atom is -0.497 e. The van der Waals surface area contributed by atoms with Gasteiger partial charge in [0.25, 0.3) is 0 Å². The Morgan fingerprint density at radius 3 is 2.28 bits per heavy atom. The number of methoxy groups -OCH3 is 1. The normalized spacial score (nSPS) is 16.7. The molecular formula is C18H28N2O4S. The third kappa shape index (κ3) is 5.44. The van der Waals surface area contributed by atoms with Crippen molar-refractivity contribution in [3.05, 3.63) is 24.3 Å². The molecule has 1 amide bonds. The zero-order chi connectivity index (χ0) is 18.4. The Hall–Kier alpha value is -1.60. The topological polar surface area (TPSA) is 75.7 Å². The highest BCUT2D eigenvalue weighted by Crippen LogP contribution is 2.19. The van der Waals surface area contributed by atoms with E-state index in [9.17, 15) is 13.2 Å². The molecule has 1 fully saturated rings. The van der Waals surface area contributed by atoms with Crippen molar-refractivity contribution in [1.82, 2.24) is 9.62 Å². The smallest absolute Gasteiger partial charge is 0.240 e. The maximum atomic E-state index is 12.6. The number of benzene rings is 1. The molecule has 0 saturated carbocycles. The van der Waals surface area contributed by atoms with Crippen molar-refractivity contribution < 1.29 is 17.9 Å². The van der Waals surface area contributed by atoms with Crippen LogP contribution in [0.4, 0.5) is 0 Å². The van der Waals surface area contributed by atoms with Crippen molar-refractivity contribution in [1.29, 1.82) is 0 Å². The number of nitrogens with zero attached hydrogens (tertiary/aromatic N) is 1. The molecule has 25 heavy (non-hydrogen) atoms. The van der Waals surface area contributed by atoms with E-state index in [1.807, 2.05) is 18.7 Å². The van der Waals surface area contributed by atoms with E-state index in [2.05, 4.69) is 4.72 Å². The number of hydrogen-bond donors (Lipinski definition) is 1. The van der Waals surface area contributed by atoms with Crippen LogP contribution in [0, 0.1) is 5.92 Å². The van der Waals surface area contributed by atoms with E-state index in [1.165, 1.54) is 19.2 Å². The Bertz CT molecular complexity index is 665. The number of piperidine rings is 1. The van der Waals surface area contributed by atoms with E-state index in [-0.39, 0.29) is 23.1 Å². The molecule has 1 saturated heterocycles. The number of amides is 1. The molecule has 1 N–H and O–H groups in total. The Balaban J connectivity index is 2.07. The Labute approximate surface area is 150 Å². The van der Waals surface area contributed by atoms with Crippen molar-refractivity contribution in [2.24, 2.45) is 5.92 Å². The maximum absolute atomic E-state index is 12.6. The molecule has 0 radical (unpaired) electrons. The summed E-state index contributed by atoms with van der Waals surface area (Å²) in [5, 5.41) is 0. The van der Waals surface area contributed by atoms with Gasteiger partial charge in [0.05, 0.1) is 12.0 Å². The van der Waals surface area contributed by atoms with Crippen LogP contribution in [0.15, 0.2) is 29.2 Å². The highest BCUT2D eigenvalue weighted by molar-refractivity contribution is 7.89. The molecule has 2 rings (SSSR count). The first-order chi connectivity index (χ1) is 11.8. The van der Waals surface area contributed by atoms with Gasteiger partial charge in [-0.3, -0.25) is 4.79 Å². The zero-order valence-electron chi connectivity index (χ0n) is 15.2. The first kappa shape index (κ1) is 19.7. The fourth-order valence-corrected chi connectivity index (χ4v) is 4.28. The molecule has 1 aliphatic heterocycles. The second kappa shape index (κ2) is 8.67. The van der Waals surface area contributed by atoms with E-state index in [0.29, 0.717) is 5.75 Å². The molecule has 0 unspecified atom stereocenters. The van der Waals surface area contributed by atoms with Crippen molar-refractivity contribution in [3.63, 3.8) is 0 Å². The molecule has 1 atom stereocenters. The molecule has 0 spiro atoms. The van der Waals surface area contributed by atoms with Crippen molar-refractivity contribution >= 4 is 15.9 Å². The van der Waals surface area contributed by atoms with E-state index < -0.39 is 16.1 Å². The van der Waals surface area contributed by atoms with Crippen LogP contribution >= 0.6 is 0 Å². The first-order valence-electron chi connectivity index (χ1n) is 8.77. The second-order valence-corrected chi connectivity index (χ2v) is 8.51. The van der Waals surface area contributed by atoms with Crippen LogP contribution < -0.4 is 9.46 Å². The number of carbonyl (C=O) groups is 1. The van der Waals surface area contributed by atoms with Gasteiger partial charge < -0.3 is 9.64 Å². The predicted molar refractivity (Wildman–Crippen MR) is 97.0 cm³/mol. The Kier molecular flexibility index (Phi) is 6.84. The summed E-state index contributed by atoms with van der Waals surface area (Å²) in [5.41, 5.74) is 0. The van der Waals surface area contributed by atoms with Gasteiger partial charge in [-0.25, -0.2) is 13.1 Å². The van der Waals surface area contributed by atoms with Gasteiger partial charge in [-0.15, -0.1) is 0 Å². The lowest BCUT2D eigenvalue weighted by Crippen LogP contribution is -2.44. The van der Waals surface area contributed by atoms with Gasteiger partial charge in [-0.2, -0.15) is 0 Å². The number of sulfonamides is 1. The summed E-state index contributed by atoms with van der Waals surface area (Å²) in [6, 6.07) is 5.80. The second-order valence-electron chi connectivity index (χ2n) is 6.79. The molecule has 0 bridgehead atoms. The van der Waals surface area contributed by atoms with Crippen LogP contribution in [0.25, 0.3) is 0 Å². The minimum atomic E-state index is -3.68. The van der Waals surface area contributed by atoms with E-state index >= 15 is 0 Å². The quantitative estimate of drug-likeness (QED) is 0.802. The summed E-state index contributed by atoms with van der Waals surface area (Å²) in [5.74, 6) is 0.636. The largest absolute Gasteiger partial charge is 0.497 e. The van der Waals surface area contributed by atoms with Crippen molar-refractivity contribution in [2.75, 3.05) is 20.2 Å². The highest BCUT2D eigenvalue weighted by Gasteiger charge is 2.27. The average molecular weight is 368 g/mol. The fraction of sp³-hybridized carbons (Fsp3) is 0.611. The lowest BCUT2D eigenvalue weighted by molar-refractivity contribution is -0.132. The molecular weight excluding hydrogens is 340 g/mol. The van der Waals surface area contributed by atoms with E-state index in [4.69, 9.17) is 4.74 Å². The van der Waals surface area contributed by atoms with Gasteiger partial charge in [0, 0.05) is 25.6 Å². The van der Waals surface area contributed by atoms with Crippen LogP contribution in [-0.2, 0) is 14.8 Å². The minimum absolute atomic E-state index is 0.0155. The van der Waals surface area contributed by atoms with Crippen LogP contribution in [-0.4, -0.2) is 45.5 Å². The van der Waals surface area contributed by atoms with Crippen LogP contribution in [0.2, 0.25) is 0 Å². The lowest BCUT2D eigenvalue weighted by Gasteiger charge is -2.29. The number of ether oxygens (including phenoxy) is 1. The van der Waals surface area contributed by atoms with Gasteiger partial charge in [-0.1, -0.05) is 13.8 Å². The predicted octanol–water partition coefficient (Wildman–Crippen LogP) is 2.40. The monoisotopic (exact) mass is 368 g/mol. The van der Waals surface area contributed by atoms with Crippen molar-refractivity contribution in [3.8, 4) is 5.75 Å². The first-order valence-corrected chi connectivity index (χ1v) is 10.3. The van der Waals surface area contributed by atoms with Crippen LogP contribution in [0.3, 0.4) is 0 Å². The third-order valence-corrected chi connectivity index (χ3v) is 6.09. The fourth-order valence-electron chi connectivity index (χ4n) is 2.90. The van der Waals surface area contributed by atoms with Gasteiger partial charge in [0.15, 0.2) is 0 Å². The summed E-state index contributed by atoms with van der Waals surface area (Å²) >= 11 is 0. The molecule has 1 aliphatic rings. The summed E-state index contributed by atoms with van der Waals surface area (Å²) in [4.78, 5) is 14.5. The number of carbonyl (C=O) groups excluding carboxylic acids is 1. The number of nitrogens with one attached hydrogen (secondary N) is 1. The molecule has 1 heterocycles. The number of hydrogen-bond acceptors (Lipinski definition) is 4. The van der Waals surface area contributed by atoms with E-state index in [1.54, 1.807) is 12.1 Å². The van der Waals surface area contributed by atoms with E-state index in [0.717, 1.165) is 32.4 Å². The zero-order valence-corrected chi connectivity index (χ0v) is 16.0. The number of rotatable bonds is 7. The van der Waals surface area contributed by atoms with Gasteiger partial charge in [0.1, 0.15) is 5.75 Å². The molecule has 1 aromatic carbocycles. The maximum Gasteiger partial charge on any atom is 0.240 e.